The Morgan fingerprint density at radius 2 is 2.37 bits per heavy atom. The van der Waals surface area contributed by atoms with Crippen molar-refractivity contribution in [1.29, 1.82) is 0 Å². The average molecular weight is 285 g/mol. The summed E-state index contributed by atoms with van der Waals surface area (Å²) < 4.78 is 13.7. The molecule has 0 spiro atoms. The fourth-order valence-electron chi connectivity index (χ4n) is 2.57. The molecule has 19 heavy (non-hydrogen) atoms. The standard InChI is InChI=1S/C14H18ClFN2O/c1-17-9-10-4-3-7-18(10)14(19)8-11-12(15)5-2-6-13(11)16/h2,5-6,10,17H,3-4,7-9H2,1H3. The summed E-state index contributed by atoms with van der Waals surface area (Å²) in [5.41, 5.74) is 0.296. The van der Waals surface area contributed by atoms with E-state index < -0.39 is 5.82 Å². The van der Waals surface area contributed by atoms with E-state index in [2.05, 4.69) is 5.32 Å². The average Bonchev–Trinajstić information content (AvgIpc) is 2.83. The molecule has 0 saturated carbocycles. The second-order valence-electron chi connectivity index (χ2n) is 4.82. The lowest BCUT2D eigenvalue weighted by Crippen LogP contribution is -2.41. The lowest BCUT2D eigenvalue weighted by Gasteiger charge is -2.24. The molecule has 2 rings (SSSR count). The zero-order valence-electron chi connectivity index (χ0n) is 11.0. The zero-order valence-corrected chi connectivity index (χ0v) is 11.7. The molecule has 1 N–H and O–H groups in total. The molecule has 0 aliphatic carbocycles. The molecule has 1 aliphatic heterocycles. The number of amides is 1. The highest BCUT2D eigenvalue weighted by Crippen LogP contribution is 2.23. The topological polar surface area (TPSA) is 32.3 Å². The van der Waals surface area contributed by atoms with Crippen LogP contribution in [0.25, 0.3) is 0 Å². The third kappa shape index (κ3) is 3.25. The Morgan fingerprint density at radius 3 is 3.05 bits per heavy atom. The van der Waals surface area contributed by atoms with Crippen LogP contribution in [0, 0.1) is 5.82 Å². The maximum Gasteiger partial charge on any atom is 0.227 e. The first-order valence-electron chi connectivity index (χ1n) is 6.50. The van der Waals surface area contributed by atoms with Crippen molar-refractivity contribution in [3.8, 4) is 0 Å². The Morgan fingerprint density at radius 1 is 1.58 bits per heavy atom. The van der Waals surface area contributed by atoms with Gasteiger partial charge in [0.25, 0.3) is 0 Å². The number of likely N-dealkylation sites (tertiary alicyclic amines) is 1. The number of benzene rings is 1. The quantitative estimate of drug-likeness (QED) is 0.920. The van der Waals surface area contributed by atoms with Gasteiger partial charge in [-0.1, -0.05) is 17.7 Å². The molecule has 1 unspecified atom stereocenters. The smallest absolute Gasteiger partial charge is 0.227 e. The van der Waals surface area contributed by atoms with Crippen LogP contribution in [-0.2, 0) is 11.2 Å². The fraction of sp³-hybridized carbons (Fsp3) is 0.500. The Balaban J connectivity index is 2.08. The highest BCUT2D eigenvalue weighted by atomic mass is 35.5. The number of halogens is 2. The van der Waals surface area contributed by atoms with Gasteiger partial charge >= 0.3 is 0 Å². The van der Waals surface area contributed by atoms with Gasteiger partial charge in [0.1, 0.15) is 5.82 Å². The van der Waals surface area contributed by atoms with Gasteiger partial charge in [-0.3, -0.25) is 4.79 Å². The Bertz CT molecular complexity index is 447. The maximum absolute atomic E-state index is 13.7. The highest BCUT2D eigenvalue weighted by molar-refractivity contribution is 6.31. The van der Waals surface area contributed by atoms with E-state index in [0.29, 0.717) is 10.6 Å². The number of rotatable bonds is 4. The van der Waals surface area contributed by atoms with E-state index in [0.717, 1.165) is 25.9 Å². The summed E-state index contributed by atoms with van der Waals surface area (Å²) in [7, 11) is 1.87. The number of carbonyl (C=O) groups is 1. The molecule has 1 aromatic rings. The number of hydrogen-bond acceptors (Lipinski definition) is 2. The second-order valence-corrected chi connectivity index (χ2v) is 5.23. The number of likely N-dealkylation sites (N-methyl/N-ethyl adjacent to an activating group) is 1. The third-order valence-corrected chi connectivity index (χ3v) is 3.88. The molecule has 0 aromatic heterocycles. The van der Waals surface area contributed by atoms with Crippen molar-refractivity contribution in [2.24, 2.45) is 0 Å². The van der Waals surface area contributed by atoms with Crippen LogP contribution in [0.2, 0.25) is 5.02 Å². The summed E-state index contributed by atoms with van der Waals surface area (Å²) in [6.07, 6.45) is 2.03. The first-order valence-corrected chi connectivity index (χ1v) is 6.88. The molecule has 3 nitrogen and oxygen atoms in total. The minimum Gasteiger partial charge on any atom is -0.338 e. The van der Waals surface area contributed by atoms with Gasteiger partial charge in [0.05, 0.1) is 6.42 Å². The minimum absolute atomic E-state index is 0.0335. The van der Waals surface area contributed by atoms with Crippen molar-refractivity contribution in [3.63, 3.8) is 0 Å². The van der Waals surface area contributed by atoms with Crippen molar-refractivity contribution in [3.05, 3.63) is 34.6 Å². The Labute approximate surface area is 117 Å². The number of nitrogens with one attached hydrogen (secondary N) is 1. The van der Waals surface area contributed by atoms with Gasteiger partial charge in [-0.15, -0.1) is 0 Å². The number of hydrogen-bond donors (Lipinski definition) is 1. The highest BCUT2D eigenvalue weighted by Gasteiger charge is 2.28. The van der Waals surface area contributed by atoms with Crippen molar-refractivity contribution >= 4 is 17.5 Å². The van der Waals surface area contributed by atoms with E-state index in [1.165, 1.54) is 6.07 Å². The van der Waals surface area contributed by atoms with E-state index in [-0.39, 0.29) is 18.4 Å². The van der Waals surface area contributed by atoms with Gasteiger partial charge in [-0.2, -0.15) is 0 Å². The molecule has 1 saturated heterocycles. The summed E-state index contributed by atoms with van der Waals surface area (Å²) in [4.78, 5) is 14.1. The number of carbonyl (C=O) groups excluding carboxylic acids is 1. The fourth-order valence-corrected chi connectivity index (χ4v) is 2.80. The van der Waals surface area contributed by atoms with Gasteiger partial charge in [-0.05, 0) is 32.0 Å². The van der Waals surface area contributed by atoms with Gasteiger partial charge in [0.2, 0.25) is 5.91 Å². The molecular formula is C14H18ClFN2O. The van der Waals surface area contributed by atoms with Crippen LogP contribution in [0.5, 0.6) is 0 Å². The molecular weight excluding hydrogens is 267 g/mol. The maximum atomic E-state index is 13.7. The summed E-state index contributed by atoms with van der Waals surface area (Å²) in [5.74, 6) is -0.463. The lowest BCUT2D eigenvalue weighted by molar-refractivity contribution is -0.131. The summed E-state index contributed by atoms with van der Waals surface area (Å²) in [6.45, 7) is 1.52. The predicted octanol–water partition coefficient (Wildman–Crippen LogP) is 2.23. The van der Waals surface area contributed by atoms with Crippen LogP contribution in [-0.4, -0.2) is 37.0 Å². The largest absolute Gasteiger partial charge is 0.338 e. The first kappa shape index (κ1) is 14.3. The van der Waals surface area contributed by atoms with Gasteiger partial charge < -0.3 is 10.2 Å². The Hall–Kier alpha value is -1.13. The van der Waals surface area contributed by atoms with Crippen LogP contribution >= 0.6 is 11.6 Å². The van der Waals surface area contributed by atoms with Crippen LogP contribution in [0.3, 0.4) is 0 Å². The van der Waals surface area contributed by atoms with Gasteiger partial charge in [-0.25, -0.2) is 4.39 Å². The number of nitrogens with zero attached hydrogens (tertiary/aromatic N) is 1. The van der Waals surface area contributed by atoms with Crippen LogP contribution in [0.4, 0.5) is 4.39 Å². The van der Waals surface area contributed by atoms with Crippen molar-refractivity contribution < 1.29 is 9.18 Å². The van der Waals surface area contributed by atoms with Gasteiger partial charge in [0.15, 0.2) is 0 Å². The van der Waals surface area contributed by atoms with E-state index in [1.807, 2.05) is 11.9 Å². The molecule has 1 fully saturated rings. The summed E-state index contributed by atoms with van der Waals surface area (Å²) >= 11 is 5.95. The molecule has 1 atom stereocenters. The third-order valence-electron chi connectivity index (χ3n) is 3.53. The van der Waals surface area contributed by atoms with Crippen LogP contribution in [0.15, 0.2) is 18.2 Å². The SMILES string of the molecule is CNCC1CCCN1C(=O)Cc1c(F)cccc1Cl. The van der Waals surface area contributed by atoms with Crippen molar-refractivity contribution in [2.75, 3.05) is 20.1 Å². The van der Waals surface area contributed by atoms with E-state index in [9.17, 15) is 9.18 Å². The summed E-state index contributed by atoms with van der Waals surface area (Å²) in [6, 6.07) is 4.71. The molecule has 1 aromatic carbocycles. The van der Waals surface area contributed by atoms with Crippen molar-refractivity contribution in [2.45, 2.75) is 25.3 Å². The normalized spacial score (nSPS) is 18.9. The molecule has 104 valence electrons. The molecule has 0 bridgehead atoms. The van der Waals surface area contributed by atoms with Gasteiger partial charge in [0, 0.05) is 29.7 Å². The van der Waals surface area contributed by atoms with Crippen LogP contribution < -0.4 is 5.32 Å². The molecule has 1 amide bonds. The molecule has 1 heterocycles. The first-order chi connectivity index (χ1) is 9.13. The van der Waals surface area contributed by atoms with E-state index in [1.54, 1.807) is 12.1 Å². The van der Waals surface area contributed by atoms with E-state index >= 15 is 0 Å². The van der Waals surface area contributed by atoms with Crippen LogP contribution in [0.1, 0.15) is 18.4 Å². The molecule has 0 radical (unpaired) electrons. The second kappa shape index (κ2) is 6.35. The van der Waals surface area contributed by atoms with E-state index in [4.69, 9.17) is 11.6 Å². The molecule has 1 aliphatic rings. The summed E-state index contributed by atoms with van der Waals surface area (Å²) in [5, 5.41) is 3.40. The van der Waals surface area contributed by atoms with Crippen molar-refractivity contribution in [1.82, 2.24) is 10.2 Å². The minimum atomic E-state index is -0.412. The predicted molar refractivity (Wildman–Crippen MR) is 73.8 cm³/mol. The monoisotopic (exact) mass is 284 g/mol. The zero-order chi connectivity index (χ0) is 13.8. The lowest BCUT2D eigenvalue weighted by atomic mass is 10.1. The Kier molecular flexibility index (Phi) is 4.77. The molecule has 5 heteroatoms.